The SMILES string of the molecule is CCN/C=C(/C#N)C(=O)Nc1ccc(C(C)C)cc1. The van der Waals surface area contributed by atoms with Gasteiger partial charge >= 0.3 is 0 Å². The van der Waals surface area contributed by atoms with Crippen LogP contribution in [-0.2, 0) is 4.79 Å². The molecule has 1 aromatic carbocycles. The van der Waals surface area contributed by atoms with E-state index < -0.39 is 5.91 Å². The van der Waals surface area contributed by atoms with E-state index in [1.165, 1.54) is 11.8 Å². The van der Waals surface area contributed by atoms with E-state index in [0.717, 1.165) is 0 Å². The third-order valence-corrected chi connectivity index (χ3v) is 2.65. The van der Waals surface area contributed by atoms with Gasteiger partial charge < -0.3 is 10.6 Å². The minimum absolute atomic E-state index is 0.0646. The number of nitrogens with one attached hydrogen (secondary N) is 2. The van der Waals surface area contributed by atoms with Crippen LogP contribution >= 0.6 is 0 Å². The Balaban J connectivity index is 2.74. The van der Waals surface area contributed by atoms with E-state index in [2.05, 4.69) is 24.5 Å². The van der Waals surface area contributed by atoms with Crippen LogP contribution in [0.5, 0.6) is 0 Å². The standard InChI is InChI=1S/C15H19N3O/c1-4-17-10-13(9-16)15(19)18-14-7-5-12(6-8-14)11(2)3/h5-8,10-11,17H,4H2,1-3H3,(H,18,19)/b13-10-. The van der Waals surface area contributed by atoms with Gasteiger partial charge in [0.05, 0.1) is 0 Å². The molecule has 1 rings (SSSR count). The van der Waals surface area contributed by atoms with Gasteiger partial charge in [-0.15, -0.1) is 0 Å². The molecule has 0 aromatic heterocycles. The Kier molecular flexibility index (Phi) is 5.62. The first-order chi connectivity index (χ1) is 9.08. The average molecular weight is 257 g/mol. The highest BCUT2D eigenvalue weighted by atomic mass is 16.1. The van der Waals surface area contributed by atoms with Crippen LogP contribution in [0, 0.1) is 11.3 Å². The summed E-state index contributed by atoms with van der Waals surface area (Å²) in [4.78, 5) is 11.8. The molecular weight excluding hydrogens is 238 g/mol. The molecule has 1 amide bonds. The first-order valence-electron chi connectivity index (χ1n) is 6.33. The zero-order valence-corrected chi connectivity index (χ0v) is 11.5. The van der Waals surface area contributed by atoms with Crippen molar-refractivity contribution in [1.82, 2.24) is 5.32 Å². The van der Waals surface area contributed by atoms with E-state index in [1.54, 1.807) is 0 Å². The van der Waals surface area contributed by atoms with Crippen molar-refractivity contribution >= 4 is 11.6 Å². The highest BCUT2D eigenvalue weighted by Crippen LogP contribution is 2.17. The van der Waals surface area contributed by atoms with E-state index >= 15 is 0 Å². The van der Waals surface area contributed by atoms with Gasteiger partial charge in [-0.05, 0) is 30.5 Å². The molecule has 19 heavy (non-hydrogen) atoms. The molecule has 0 bridgehead atoms. The molecule has 0 heterocycles. The Labute approximate surface area is 114 Å². The fraction of sp³-hybridized carbons (Fsp3) is 0.333. The Hall–Kier alpha value is -2.28. The Morgan fingerprint density at radius 1 is 1.37 bits per heavy atom. The summed E-state index contributed by atoms with van der Waals surface area (Å²) >= 11 is 0. The van der Waals surface area contributed by atoms with Crippen molar-refractivity contribution < 1.29 is 4.79 Å². The van der Waals surface area contributed by atoms with Gasteiger partial charge in [0.2, 0.25) is 0 Å². The van der Waals surface area contributed by atoms with Crippen molar-refractivity contribution in [2.45, 2.75) is 26.7 Å². The summed E-state index contributed by atoms with van der Waals surface area (Å²) in [6.45, 7) is 6.79. The molecule has 0 spiro atoms. The summed E-state index contributed by atoms with van der Waals surface area (Å²) in [5, 5.41) is 14.4. The minimum atomic E-state index is -0.402. The molecule has 100 valence electrons. The number of hydrogen-bond donors (Lipinski definition) is 2. The molecule has 2 N–H and O–H groups in total. The highest BCUT2D eigenvalue weighted by molar-refractivity contribution is 6.06. The summed E-state index contributed by atoms with van der Waals surface area (Å²) in [6.07, 6.45) is 1.43. The van der Waals surface area contributed by atoms with Crippen LogP contribution in [0.2, 0.25) is 0 Å². The average Bonchev–Trinajstić information content (AvgIpc) is 2.40. The fourth-order valence-electron chi connectivity index (χ4n) is 1.50. The second-order valence-corrected chi connectivity index (χ2v) is 4.46. The maximum Gasteiger partial charge on any atom is 0.267 e. The van der Waals surface area contributed by atoms with Crippen LogP contribution in [0.4, 0.5) is 5.69 Å². The molecule has 0 saturated carbocycles. The molecule has 1 aromatic rings. The largest absolute Gasteiger partial charge is 0.390 e. The zero-order chi connectivity index (χ0) is 14.3. The van der Waals surface area contributed by atoms with Crippen LogP contribution in [0.1, 0.15) is 32.3 Å². The van der Waals surface area contributed by atoms with Crippen molar-refractivity contribution in [3.05, 3.63) is 41.6 Å². The summed E-state index contributed by atoms with van der Waals surface area (Å²) in [5.74, 6) is 0.0498. The van der Waals surface area contributed by atoms with Crippen molar-refractivity contribution in [1.29, 1.82) is 5.26 Å². The molecular formula is C15H19N3O. The van der Waals surface area contributed by atoms with Gasteiger partial charge in [0.15, 0.2) is 0 Å². The minimum Gasteiger partial charge on any atom is -0.390 e. The van der Waals surface area contributed by atoms with Gasteiger partial charge in [-0.1, -0.05) is 26.0 Å². The lowest BCUT2D eigenvalue weighted by atomic mass is 10.0. The number of rotatable bonds is 5. The van der Waals surface area contributed by atoms with Crippen molar-refractivity contribution in [2.24, 2.45) is 0 Å². The third kappa shape index (κ3) is 4.47. The molecule has 0 atom stereocenters. The normalized spacial score (nSPS) is 11.0. The molecule has 0 saturated heterocycles. The summed E-state index contributed by atoms with van der Waals surface area (Å²) in [5.41, 5.74) is 1.96. The van der Waals surface area contributed by atoms with Gasteiger partial charge in [-0.25, -0.2) is 0 Å². The van der Waals surface area contributed by atoms with Gasteiger partial charge in [0, 0.05) is 18.4 Å². The van der Waals surface area contributed by atoms with Gasteiger partial charge in [-0.3, -0.25) is 4.79 Å². The topological polar surface area (TPSA) is 64.9 Å². The van der Waals surface area contributed by atoms with Gasteiger partial charge in [0.1, 0.15) is 11.6 Å². The summed E-state index contributed by atoms with van der Waals surface area (Å²) in [6, 6.07) is 9.50. The number of hydrogen-bond acceptors (Lipinski definition) is 3. The second kappa shape index (κ2) is 7.22. The number of anilines is 1. The quantitative estimate of drug-likeness (QED) is 0.629. The Morgan fingerprint density at radius 2 is 2.00 bits per heavy atom. The molecule has 4 heteroatoms. The predicted octanol–water partition coefficient (Wildman–Crippen LogP) is 2.77. The predicted molar refractivity (Wildman–Crippen MR) is 76.5 cm³/mol. The lowest BCUT2D eigenvalue weighted by molar-refractivity contribution is -0.112. The van der Waals surface area contributed by atoms with Crippen molar-refractivity contribution in [3.8, 4) is 6.07 Å². The maximum absolute atomic E-state index is 11.8. The molecule has 0 fully saturated rings. The maximum atomic E-state index is 11.8. The zero-order valence-electron chi connectivity index (χ0n) is 11.5. The van der Waals surface area contributed by atoms with Gasteiger partial charge in [0.25, 0.3) is 5.91 Å². The molecule has 0 radical (unpaired) electrons. The summed E-state index contributed by atoms with van der Waals surface area (Å²) in [7, 11) is 0. The molecule has 0 aliphatic carbocycles. The van der Waals surface area contributed by atoms with Crippen LogP contribution in [0.25, 0.3) is 0 Å². The third-order valence-electron chi connectivity index (χ3n) is 2.65. The van der Waals surface area contributed by atoms with Crippen molar-refractivity contribution in [2.75, 3.05) is 11.9 Å². The van der Waals surface area contributed by atoms with Gasteiger partial charge in [-0.2, -0.15) is 5.26 Å². The summed E-state index contributed by atoms with van der Waals surface area (Å²) < 4.78 is 0. The smallest absolute Gasteiger partial charge is 0.267 e. The first kappa shape index (κ1) is 14.8. The number of nitriles is 1. The molecule has 0 aliphatic rings. The van der Waals surface area contributed by atoms with E-state index in [1.807, 2.05) is 37.3 Å². The van der Waals surface area contributed by atoms with Crippen molar-refractivity contribution in [3.63, 3.8) is 0 Å². The monoisotopic (exact) mass is 257 g/mol. The number of nitrogens with zero attached hydrogens (tertiary/aromatic N) is 1. The number of amides is 1. The van der Waals surface area contributed by atoms with E-state index in [0.29, 0.717) is 18.2 Å². The number of carbonyl (C=O) groups is 1. The number of benzene rings is 1. The van der Waals surface area contributed by atoms with E-state index in [-0.39, 0.29) is 5.57 Å². The van der Waals surface area contributed by atoms with E-state index in [4.69, 9.17) is 5.26 Å². The molecule has 0 aliphatic heterocycles. The van der Waals surface area contributed by atoms with E-state index in [9.17, 15) is 4.79 Å². The fourth-order valence-corrected chi connectivity index (χ4v) is 1.50. The Morgan fingerprint density at radius 3 is 2.47 bits per heavy atom. The van der Waals surface area contributed by atoms with Crippen LogP contribution in [-0.4, -0.2) is 12.5 Å². The Bertz CT molecular complexity index is 495. The lowest BCUT2D eigenvalue weighted by Crippen LogP contribution is -2.16. The van der Waals surface area contributed by atoms with Crippen LogP contribution in [0.3, 0.4) is 0 Å². The molecule has 4 nitrogen and oxygen atoms in total. The second-order valence-electron chi connectivity index (χ2n) is 4.46. The highest BCUT2D eigenvalue weighted by Gasteiger charge is 2.09. The van der Waals surface area contributed by atoms with Crippen LogP contribution < -0.4 is 10.6 Å². The number of carbonyl (C=O) groups excluding carboxylic acids is 1. The molecule has 0 unspecified atom stereocenters. The van der Waals surface area contributed by atoms with Crippen LogP contribution in [0.15, 0.2) is 36.0 Å². The first-order valence-corrected chi connectivity index (χ1v) is 6.33. The lowest BCUT2D eigenvalue weighted by Gasteiger charge is -2.08.